The summed E-state index contributed by atoms with van der Waals surface area (Å²) in [6.07, 6.45) is 4.53. The van der Waals surface area contributed by atoms with E-state index in [0.717, 1.165) is 24.3 Å². The average molecular weight is 291 g/mol. The van der Waals surface area contributed by atoms with Crippen molar-refractivity contribution in [2.75, 3.05) is 13.1 Å². The maximum atomic E-state index is 10.3. The first kappa shape index (κ1) is 16.3. The molecule has 3 nitrogen and oxygen atoms in total. The van der Waals surface area contributed by atoms with Crippen LogP contribution in [0.1, 0.15) is 58.1 Å². The minimum atomic E-state index is -0.382. The molecule has 1 aliphatic rings. The molecule has 0 aliphatic carbocycles. The molecule has 0 spiro atoms. The maximum Gasteiger partial charge on any atom is 0.119 e. The number of hydrogen-bond acceptors (Lipinski definition) is 3. The van der Waals surface area contributed by atoms with E-state index in [4.69, 9.17) is 4.74 Å². The second kappa shape index (κ2) is 7.81. The van der Waals surface area contributed by atoms with Gasteiger partial charge in [0.05, 0.1) is 12.2 Å². The number of ether oxygens (including phenoxy) is 1. The summed E-state index contributed by atoms with van der Waals surface area (Å²) in [6.45, 7) is 8.48. The fraction of sp³-hybridized carbons (Fsp3) is 0.667. The van der Waals surface area contributed by atoms with Crippen molar-refractivity contribution in [2.45, 2.75) is 64.7 Å². The van der Waals surface area contributed by atoms with Crippen LogP contribution in [0.4, 0.5) is 0 Å². The molecule has 0 saturated carbocycles. The van der Waals surface area contributed by atoms with Gasteiger partial charge in [-0.15, -0.1) is 0 Å². The van der Waals surface area contributed by atoms with Crippen molar-refractivity contribution in [3.63, 3.8) is 0 Å². The van der Waals surface area contributed by atoms with E-state index in [2.05, 4.69) is 11.8 Å². The van der Waals surface area contributed by atoms with Gasteiger partial charge in [-0.2, -0.15) is 0 Å². The van der Waals surface area contributed by atoms with Crippen LogP contribution in [-0.2, 0) is 0 Å². The Balaban J connectivity index is 1.83. The Kier molecular flexibility index (Phi) is 6.07. The zero-order valence-electron chi connectivity index (χ0n) is 13.6. The van der Waals surface area contributed by atoms with Crippen LogP contribution >= 0.6 is 0 Å². The van der Waals surface area contributed by atoms with E-state index in [1.165, 1.54) is 25.8 Å². The number of nitrogens with zero attached hydrogens (tertiary/aromatic N) is 1. The van der Waals surface area contributed by atoms with Crippen LogP contribution < -0.4 is 4.74 Å². The molecule has 1 fully saturated rings. The number of rotatable bonds is 6. The first-order chi connectivity index (χ1) is 10.1. The predicted molar refractivity (Wildman–Crippen MR) is 86.7 cm³/mol. The van der Waals surface area contributed by atoms with Crippen molar-refractivity contribution < 1.29 is 9.84 Å². The lowest BCUT2D eigenvalue weighted by Crippen LogP contribution is -2.38. The highest BCUT2D eigenvalue weighted by Crippen LogP contribution is 2.23. The molecule has 1 aromatic carbocycles. The van der Waals surface area contributed by atoms with Gasteiger partial charge in [0.1, 0.15) is 5.75 Å². The van der Waals surface area contributed by atoms with Crippen LogP contribution in [-0.4, -0.2) is 35.2 Å². The normalized spacial score (nSPS) is 21.5. The fourth-order valence-electron chi connectivity index (χ4n) is 2.99. The molecule has 1 heterocycles. The van der Waals surface area contributed by atoms with Crippen molar-refractivity contribution in [3.8, 4) is 5.75 Å². The van der Waals surface area contributed by atoms with Gasteiger partial charge in [0.2, 0.25) is 0 Å². The average Bonchev–Trinajstić information content (AvgIpc) is 2.46. The highest BCUT2D eigenvalue weighted by molar-refractivity contribution is 5.28. The van der Waals surface area contributed by atoms with E-state index in [-0.39, 0.29) is 12.2 Å². The standard InChI is InChI=1S/C18H29NO2/c1-14(2)21-17-9-7-16(8-10-17)18(20)11-13-19-12-5-4-6-15(19)3/h7-10,14-15,18,20H,4-6,11-13H2,1-3H3. The summed E-state index contributed by atoms with van der Waals surface area (Å²) in [7, 11) is 0. The number of aliphatic hydroxyl groups is 1. The van der Waals surface area contributed by atoms with E-state index >= 15 is 0 Å². The van der Waals surface area contributed by atoms with E-state index in [1.54, 1.807) is 0 Å². The molecule has 1 saturated heterocycles. The molecule has 118 valence electrons. The van der Waals surface area contributed by atoms with Gasteiger partial charge in [0.25, 0.3) is 0 Å². The highest BCUT2D eigenvalue weighted by Gasteiger charge is 2.19. The quantitative estimate of drug-likeness (QED) is 0.866. The molecule has 1 aromatic rings. The van der Waals surface area contributed by atoms with E-state index < -0.39 is 0 Å². The summed E-state index contributed by atoms with van der Waals surface area (Å²) in [4.78, 5) is 2.50. The van der Waals surface area contributed by atoms with Gasteiger partial charge in [-0.1, -0.05) is 18.6 Å². The number of piperidine rings is 1. The Morgan fingerprint density at radius 3 is 2.57 bits per heavy atom. The first-order valence-corrected chi connectivity index (χ1v) is 8.25. The molecule has 1 aliphatic heterocycles. The molecule has 1 N–H and O–H groups in total. The minimum Gasteiger partial charge on any atom is -0.491 e. The second-order valence-electron chi connectivity index (χ2n) is 6.42. The van der Waals surface area contributed by atoms with Crippen LogP contribution in [0.2, 0.25) is 0 Å². The Labute approximate surface area is 128 Å². The van der Waals surface area contributed by atoms with Gasteiger partial charge >= 0.3 is 0 Å². The third-order valence-corrected chi connectivity index (χ3v) is 4.27. The molecule has 0 amide bonds. The molecular formula is C18H29NO2. The van der Waals surface area contributed by atoms with Gasteiger partial charge in [0.15, 0.2) is 0 Å². The van der Waals surface area contributed by atoms with Crippen molar-refractivity contribution >= 4 is 0 Å². The van der Waals surface area contributed by atoms with Crippen molar-refractivity contribution in [1.82, 2.24) is 4.90 Å². The van der Waals surface area contributed by atoms with Crippen LogP contribution in [0, 0.1) is 0 Å². The zero-order chi connectivity index (χ0) is 15.2. The van der Waals surface area contributed by atoms with Crippen LogP contribution in [0.15, 0.2) is 24.3 Å². The summed E-state index contributed by atoms with van der Waals surface area (Å²) in [5.74, 6) is 0.866. The molecule has 2 atom stereocenters. The Hall–Kier alpha value is -1.06. The minimum absolute atomic E-state index is 0.182. The predicted octanol–water partition coefficient (Wildman–Crippen LogP) is 3.77. The van der Waals surface area contributed by atoms with Crippen molar-refractivity contribution in [2.24, 2.45) is 0 Å². The van der Waals surface area contributed by atoms with Crippen LogP contribution in [0.3, 0.4) is 0 Å². The van der Waals surface area contributed by atoms with E-state index in [0.29, 0.717) is 6.04 Å². The third-order valence-electron chi connectivity index (χ3n) is 4.27. The molecule has 0 radical (unpaired) electrons. The lowest BCUT2D eigenvalue weighted by Gasteiger charge is -2.33. The zero-order valence-corrected chi connectivity index (χ0v) is 13.6. The smallest absolute Gasteiger partial charge is 0.119 e. The molecule has 0 aromatic heterocycles. The van der Waals surface area contributed by atoms with Crippen molar-refractivity contribution in [1.29, 1.82) is 0 Å². The van der Waals surface area contributed by atoms with Gasteiger partial charge < -0.3 is 14.7 Å². The SMILES string of the molecule is CC(C)Oc1ccc(C(O)CCN2CCCCC2C)cc1. The summed E-state index contributed by atoms with van der Waals surface area (Å²) in [5, 5.41) is 10.3. The van der Waals surface area contributed by atoms with Gasteiger partial charge in [-0.05, 0) is 64.3 Å². The molecule has 0 bridgehead atoms. The van der Waals surface area contributed by atoms with Crippen LogP contribution in [0.25, 0.3) is 0 Å². The molecule has 21 heavy (non-hydrogen) atoms. The summed E-state index contributed by atoms with van der Waals surface area (Å²) >= 11 is 0. The number of aliphatic hydroxyl groups excluding tert-OH is 1. The summed E-state index contributed by atoms with van der Waals surface area (Å²) in [5.41, 5.74) is 0.982. The van der Waals surface area contributed by atoms with Gasteiger partial charge in [-0.3, -0.25) is 0 Å². The first-order valence-electron chi connectivity index (χ1n) is 8.25. The van der Waals surface area contributed by atoms with Crippen molar-refractivity contribution in [3.05, 3.63) is 29.8 Å². The van der Waals surface area contributed by atoms with Crippen LogP contribution in [0.5, 0.6) is 5.75 Å². The lowest BCUT2D eigenvalue weighted by atomic mass is 10.0. The number of hydrogen-bond donors (Lipinski definition) is 1. The lowest BCUT2D eigenvalue weighted by molar-refractivity contribution is 0.109. The number of benzene rings is 1. The van der Waals surface area contributed by atoms with Gasteiger partial charge in [-0.25, -0.2) is 0 Å². The third kappa shape index (κ3) is 5.01. The highest BCUT2D eigenvalue weighted by atomic mass is 16.5. The number of likely N-dealkylation sites (tertiary alicyclic amines) is 1. The topological polar surface area (TPSA) is 32.7 Å². The Morgan fingerprint density at radius 1 is 1.24 bits per heavy atom. The van der Waals surface area contributed by atoms with E-state index in [9.17, 15) is 5.11 Å². The molecule has 2 rings (SSSR count). The largest absolute Gasteiger partial charge is 0.491 e. The van der Waals surface area contributed by atoms with E-state index in [1.807, 2.05) is 38.1 Å². The second-order valence-corrected chi connectivity index (χ2v) is 6.42. The maximum absolute atomic E-state index is 10.3. The summed E-state index contributed by atoms with van der Waals surface area (Å²) in [6, 6.07) is 8.50. The van der Waals surface area contributed by atoms with Gasteiger partial charge in [0, 0.05) is 12.6 Å². The Bertz CT molecular complexity index is 416. The molecule has 2 unspecified atom stereocenters. The Morgan fingerprint density at radius 2 is 1.95 bits per heavy atom. The molecular weight excluding hydrogens is 262 g/mol. The summed E-state index contributed by atoms with van der Waals surface area (Å²) < 4.78 is 5.63. The monoisotopic (exact) mass is 291 g/mol. The molecule has 3 heteroatoms. The fourth-order valence-corrected chi connectivity index (χ4v) is 2.99.